The van der Waals surface area contributed by atoms with Crippen LogP contribution in [0.2, 0.25) is 0 Å². The number of H-pyrrole nitrogens is 1. The van der Waals surface area contributed by atoms with Gasteiger partial charge in [0, 0.05) is 16.3 Å². The average Bonchev–Trinajstić information content (AvgIpc) is 3.28. The zero-order chi connectivity index (χ0) is 22.1. The molecule has 2 nitrogen and oxygen atoms in total. The molecule has 7 aromatic rings. The van der Waals surface area contributed by atoms with Crippen LogP contribution in [0.4, 0.5) is 0 Å². The highest BCUT2D eigenvalue weighted by molar-refractivity contribution is 6.37. The summed E-state index contributed by atoms with van der Waals surface area (Å²) in [5, 5.41) is 9.84. The van der Waals surface area contributed by atoms with Gasteiger partial charge in [-0.2, -0.15) is 0 Å². The van der Waals surface area contributed by atoms with Crippen molar-refractivity contribution in [3.8, 4) is 11.4 Å². The number of nitrogens with zero attached hydrogens (tertiary/aromatic N) is 1. The number of aromatic amines is 1. The summed E-state index contributed by atoms with van der Waals surface area (Å²) >= 11 is 0. The number of imidazole rings is 1. The van der Waals surface area contributed by atoms with Crippen molar-refractivity contribution in [2.45, 2.75) is 0 Å². The maximum Gasteiger partial charge on any atom is 0.139 e. The number of rotatable bonds is 1. The van der Waals surface area contributed by atoms with Crippen molar-refractivity contribution >= 4 is 80.7 Å². The summed E-state index contributed by atoms with van der Waals surface area (Å²) in [5.41, 5.74) is 5.82. The molecule has 152 valence electrons. The van der Waals surface area contributed by atoms with Crippen molar-refractivity contribution in [3.63, 3.8) is 0 Å². The van der Waals surface area contributed by atoms with Gasteiger partial charge >= 0.3 is 0 Å². The molecule has 1 heterocycles. The van der Waals surface area contributed by atoms with Crippen molar-refractivity contribution in [1.82, 2.24) is 9.97 Å². The smallest absolute Gasteiger partial charge is 0.139 e. The molecule has 0 spiro atoms. The summed E-state index contributed by atoms with van der Waals surface area (Å²) < 4.78 is 0. The minimum Gasteiger partial charge on any atom is -0.337 e. The summed E-state index contributed by atoms with van der Waals surface area (Å²) in [6, 6.07) is 32.9. The Morgan fingerprint density at radius 1 is 0.545 bits per heavy atom. The van der Waals surface area contributed by atoms with Crippen LogP contribution in [0.15, 0.2) is 91.0 Å². The van der Waals surface area contributed by atoms with Crippen molar-refractivity contribution in [1.29, 1.82) is 0 Å². The van der Waals surface area contributed by atoms with E-state index in [0.717, 1.165) is 16.9 Å². The molecule has 1 aromatic heterocycles. The third kappa shape index (κ3) is 2.67. The van der Waals surface area contributed by atoms with Crippen LogP contribution in [-0.4, -0.2) is 25.7 Å². The lowest BCUT2D eigenvalue weighted by Crippen LogP contribution is -2.02. The first-order chi connectivity index (χ1) is 16.2. The second-order valence-corrected chi connectivity index (χ2v) is 9.10. The van der Waals surface area contributed by atoms with E-state index in [4.69, 9.17) is 4.98 Å². The molecule has 7 rings (SSSR count). The molecule has 0 aliphatic rings. The summed E-state index contributed by atoms with van der Waals surface area (Å²) in [6.07, 6.45) is 0. The maximum absolute atomic E-state index is 5.28. The summed E-state index contributed by atoms with van der Waals surface area (Å²) in [5.74, 6) is 0.926. The largest absolute Gasteiger partial charge is 0.337 e. The number of fused-ring (bicyclic) bond motifs is 8. The van der Waals surface area contributed by atoms with E-state index in [2.05, 4.69) is 112 Å². The fourth-order valence-corrected chi connectivity index (χ4v) is 5.34. The van der Waals surface area contributed by atoms with Crippen LogP contribution in [0.5, 0.6) is 0 Å². The van der Waals surface area contributed by atoms with E-state index < -0.39 is 0 Å². The standard InChI is InChI=1S/C29H20B2N2/c30-18-9-11-22-23-12-10-19(31)15-25(23)28-27(24(22)14-18)32-29(33-28)26-20-7-3-1-5-16(20)13-17-6-2-4-8-21(17)26/h1-15H,30-31H2,(H,32,33). The SMILES string of the molecule is Bc1ccc2c3ccc(B)cc3c3[nH]c(-c4c5ccccc5cc5ccccc45)nc3c2c1. The zero-order valence-electron chi connectivity index (χ0n) is 18.6. The van der Waals surface area contributed by atoms with Gasteiger partial charge < -0.3 is 4.98 Å². The van der Waals surface area contributed by atoms with Gasteiger partial charge in [-0.15, -0.1) is 0 Å². The van der Waals surface area contributed by atoms with E-state index >= 15 is 0 Å². The molecular weight excluding hydrogens is 398 g/mol. The minimum absolute atomic E-state index is 0.926. The van der Waals surface area contributed by atoms with Gasteiger partial charge in [0.15, 0.2) is 0 Å². The lowest BCUT2D eigenvalue weighted by Gasteiger charge is -2.09. The Balaban J connectivity index is 1.70. The van der Waals surface area contributed by atoms with Crippen LogP contribution in [0, 0.1) is 0 Å². The number of benzene rings is 6. The first-order valence-corrected chi connectivity index (χ1v) is 11.4. The van der Waals surface area contributed by atoms with Gasteiger partial charge in [0.1, 0.15) is 21.5 Å². The first-order valence-electron chi connectivity index (χ1n) is 11.4. The van der Waals surface area contributed by atoms with E-state index in [1.165, 1.54) is 59.6 Å². The van der Waals surface area contributed by atoms with Crippen molar-refractivity contribution in [2.75, 3.05) is 0 Å². The predicted octanol–water partition coefficient (Wildman–Crippen LogP) is 4.36. The van der Waals surface area contributed by atoms with Crippen LogP contribution in [0.1, 0.15) is 0 Å². The summed E-state index contributed by atoms with van der Waals surface area (Å²) in [6.45, 7) is 0. The van der Waals surface area contributed by atoms with Gasteiger partial charge in [-0.05, 0) is 38.4 Å². The van der Waals surface area contributed by atoms with Gasteiger partial charge in [-0.25, -0.2) is 4.98 Å². The second-order valence-electron chi connectivity index (χ2n) is 9.10. The second kappa shape index (κ2) is 6.73. The average molecular weight is 418 g/mol. The van der Waals surface area contributed by atoms with Crippen LogP contribution >= 0.6 is 0 Å². The van der Waals surface area contributed by atoms with E-state index in [1.807, 2.05) is 0 Å². The van der Waals surface area contributed by atoms with Gasteiger partial charge in [0.05, 0.1) is 11.0 Å². The Hall–Kier alpha value is -4.04. The summed E-state index contributed by atoms with van der Waals surface area (Å²) in [4.78, 5) is 9.04. The van der Waals surface area contributed by atoms with E-state index in [-0.39, 0.29) is 0 Å². The molecule has 4 heteroatoms. The first kappa shape index (κ1) is 18.5. The Morgan fingerprint density at radius 2 is 1.12 bits per heavy atom. The Kier molecular flexibility index (Phi) is 3.78. The number of nitrogens with one attached hydrogen (secondary N) is 1. The molecule has 0 amide bonds. The predicted molar refractivity (Wildman–Crippen MR) is 148 cm³/mol. The molecule has 0 unspecified atom stereocenters. The van der Waals surface area contributed by atoms with Crippen LogP contribution in [0.25, 0.3) is 65.5 Å². The van der Waals surface area contributed by atoms with E-state index in [1.54, 1.807) is 0 Å². The monoisotopic (exact) mass is 418 g/mol. The highest BCUT2D eigenvalue weighted by Gasteiger charge is 2.17. The number of hydrogen-bond acceptors (Lipinski definition) is 1. The molecule has 1 N–H and O–H groups in total. The number of aromatic nitrogens is 2. The molecular formula is C29H20B2N2. The van der Waals surface area contributed by atoms with Crippen molar-refractivity contribution < 1.29 is 0 Å². The van der Waals surface area contributed by atoms with Gasteiger partial charge in [-0.3, -0.25) is 0 Å². The normalized spacial score (nSPS) is 11.9. The molecule has 6 aromatic carbocycles. The Morgan fingerprint density at radius 3 is 1.79 bits per heavy atom. The molecule has 33 heavy (non-hydrogen) atoms. The lowest BCUT2D eigenvalue weighted by atomic mass is 9.88. The molecule has 0 fully saturated rings. The van der Waals surface area contributed by atoms with Crippen LogP contribution in [-0.2, 0) is 0 Å². The number of hydrogen-bond donors (Lipinski definition) is 1. The minimum atomic E-state index is 0.926. The Bertz CT molecular complexity index is 1770. The topological polar surface area (TPSA) is 28.7 Å². The Labute approximate surface area is 193 Å². The van der Waals surface area contributed by atoms with Gasteiger partial charge in [-0.1, -0.05) is 95.9 Å². The van der Waals surface area contributed by atoms with Crippen LogP contribution < -0.4 is 10.9 Å². The van der Waals surface area contributed by atoms with Gasteiger partial charge in [0.25, 0.3) is 0 Å². The lowest BCUT2D eigenvalue weighted by molar-refractivity contribution is 1.36. The maximum atomic E-state index is 5.28. The molecule has 0 aliphatic carbocycles. The van der Waals surface area contributed by atoms with Gasteiger partial charge in [0.2, 0.25) is 0 Å². The zero-order valence-corrected chi connectivity index (χ0v) is 18.6. The molecule has 0 atom stereocenters. The van der Waals surface area contributed by atoms with Crippen molar-refractivity contribution in [2.24, 2.45) is 0 Å². The third-order valence-corrected chi connectivity index (χ3v) is 6.88. The summed E-state index contributed by atoms with van der Waals surface area (Å²) in [7, 11) is 4.30. The quantitative estimate of drug-likeness (QED) is 0.240. The molecule has 0 saturated heterocycles. The fourth-order valence-electron chi connectivity index (χ4n) is 5.34. The highest BCUT2D eigenvalue weighted by atomic mass is 14.9. The molecule has 0 radical (unpaired) electrons. The molecule has 0 bridgehead atoms. The highest BCUT2D eigenvalue weighted by Crippen LogP contribution is 2.39. The molecule has 0 saturated carbocycles. The van der Waals surface area contributed by atoms with E-state index in [9.17, 15) is 0 Å². The van der Waals surface area contributed by atoms with Crippen LogP contribution in [0.3, 0.4) is 0 Å². The fraction of sp³-hybridized carbons (Fsp3) is 0. The molecule has 0 aliphatic heterocycles. The third-order valence-electron chi connectivity index (χ3n) is 6.88. The van der Waals surface area contributed by atoms with E-state index in [0.29, 0.717) is 0 Å². The van der Waals surface area contributed by atoms with Crippen molar-refractivity contribution in [3.05, 3.63) is 91.0 Å².